The van der Waals surface area contributed by atoms with Gasteiger partial charge in [0.05, 0.1) is 18.7 Å². The Balaban J connectivity index is 1.65. The Bertz CT molecular complexity index is 941. The first kappa shape index (κ1) is 22.9. The standard InChI is InChI=1S/C22H27BFN3O4/c1-4-19(14-7-9-17(24)10-8-14)27-22(29)20(25-3)13(2)26-21(28)15-5-6-16-12-31-23(30)18(16)11-15/h5-11,13,19-20,25,30H,4,12H2,1-3H3,(H,26,28)(H,27,29). The van der Waals surface area contributed by atoms with Gasteiger partial charge in [0.2, 0.25) is 5.91 Å². The van der Waals surface area contributed by atoms with Crippen molar-refractivity contribution in [3.63, 3.8) is 0 Å². The Kier molecular flexibility index (Phi) is 7.43. The fourth-order valence-corrected chi connectivity index (χ4v) is 3.72. The highest BCUT2D eigenvalue weighted by molar-refractivity contribution is 6.61. The van der Waals surface area contributed by atoms with Gasteiger partial charge in [0.1, 0.15) is 11.9 Å². The monoisotopic (exact) mass is 427 g/mol. The molecule has 0 saturated carbocycles. The van der Waals surface area contributed by atoms with E-state index in [9.17, 15) is 19.0 Å². The normalized spacial score (nSPS) is 15.7. The minimum absolute atomic E-state index is 0.273. The SMILES string of the molecule is CCC(NC(=O)C(NC)C(C)NC(=O)c1ccc2c(c1)B(O)OC2)c1ccc(F)cc1. The molecule has 0 aromatic heterocycles. The molecule has 31 heavy (non-hydrogen) atoms. The van der Waals surface area contributed by atoms with E-state index in [0.717, 1.165) is 11.1 Å². The van der Waals surface area contributed by atoms with Gasteiger partial charge in [-0.15, -0.1) is 0 Å². The number of carbonyl (C=O) groups excluding carboxylic acids is 2. The number of benzene rings is 2. The molecule has 0 bridgehead atoms. The van der Waals surface area contributed by atoms with Crippen LogP contribution in [0.15, 0.2) is 42.5 Å². The number of hydrogen-bond donors (Lipinski definition) is 4. The summed E-state index contributed by atoms with van der Waals surface area (Å²) in [5.41, 5.74) is 2.61. The topological polar surface area (TPSA) is 99.7 Å². The average Bonchev–Trinajstić information content (AvgIpc) is 3.13. The molecular formula is C22H27BFN3O4. The number of nitrogens with one attached hydrogen (secondary N) is 3. The predicted molar refractivity (Wildman–Crippen MR) is 116 cm³/mol. The molecule has 4 N–H and O–H groups in total. The molecule has 0 saturated heterocycles. The first-order valence-electron chi connectivity index (χ1n) is 10.3. The molecule has 164 valence electrons. The molecule has 2 amide bonds. The van der Waals surface area contributed by atoms with Gasteiger partial charge in [-0.05, 0) is 61.2 Å². The van der Waals surface area contributed by atoms with Crippen molar-refractivity contribution in [2.45, 2.75) is 45.0 Å². The highest BCUT2D eigenvalue weighted by atomic mass is 19.1. The van der Waals surface area contributed by atoms with Crippen LogP contribution >= 0.6 is 0 Å². The Morgan fingerprint density at radius 3 is 2.55 bits per heavy atom. The van der Waals surface area contributed by atoms with Gasteiger partial charge in [-0.3, -0.25) is 9.59 Å². The van der Waals surface area contributed by atoms with Crippen LogP contribution in [0.25, 0.3) is 0 Å². The van der Waals surface area contributed by atoms with Gasteiger partial charge in [0, 0.05) is 5.56 Å². The van der Waals surface area contributed by atoms with Gasteiger partial charge >= 0.3 is 7.12 Å². The highest BCUT2D eigenvalue weighted by Gasteiger charge is 2.30. The molecule has 9 heteroatoms. The number of fused-ring (bicyclic) bond motifs is 1. The lowest BCUT2D eigenvalue weighted by molar-refractivity contribution is -0.124. The summed E-state index contributed by atoms with van der Waals surface area (Å²) in [4.78, 5) is 25.6. The van der Waals surface area contributed by atoms with Crippen molar-refractivity contribution in [3.05, 3.63) is 65.0 Å². The van der Waals surface area contributed by atoms with Crippen LogP contribution in [0.5, 0.6) is 0 Å². The van der Waals surface area contributed by atoms with Gasteiger partial charge < -0.3 is 25.6 Å². The minimum atomic E-state index is -1.03. The Hall–Kier alpha value is -2.75. The van der Waals surface area contributed by atoms with Crippen molar-refractivity contribution >= 4 is 24.4 Å². The van der Waals surface area contributed by atoms with Crippen LogP contribution in [0.2, 0.25) is 0 Å². The van der Waals surface area contributed by atoms with Crippen molar-refractivity contribution < 1.29 is 23.7 Å². The Labute approximate surface area is 181 Å². The third-order valence-corrected chi connectivity index (χ3v) is 5.52. The minimum Gasteiger partial charge on any atom is -0.423 e. The summed E-state index contributed by atoms with van der Waals surface area (Å²) in [6, 6.07) is 9.57. The zero-order valence-corrected chi connectivity index (χ0v) is 17.8. The first-order valence-corrected chi connectivity index (χ1v) is 10.3. The number of carbonyl (C=O) groups is 2. The van der Waals surface area contributed by atoms with Gasteiger partial charge in [-0.1, -0.05) is 25.1 Å². The van der Waals surface area contributed by atoms with E-state index < -0.39 is 19.2 Å². The molecule has 1 aliphatic heterocycles. The summed E-state index contributed by atoms with van der Waals surface area (Å²) in [5.74, 6) is -0.961. The molecule has 0 radical (unpaired) electrons. The quantitative estimate of drug-likeness (QED) is 0.472. The fraction of sp³-hybridized carbons (Fsp3) is 0.364. The molecule has 0 spiro atoms. The van der Waals surface area contributed by atoms with E-state index in [4.69, 9.17) is 4.65 Å². The van der Waals surface area contributed by atoms with Gasteiger partial charge in [-0.25, -0.2) is 4.39 Å². The molecule has 3 atom stereocenters. The average molecular weight is 427 g/mol. The Morgan fingerprint density at radius 1 is 1.19 bits per heavy atom. The number of hydrogen-bond acceptors (Lipinski definition) is 5. The van der Waals surface area contributed by atoms with Crippen LogP contribution in [0.4, 0.5) is 4.39 Å². The molecule has 2 aromatic rings. The second-order valence-electron chi connectivity index (χ2n) is 7.63. The maximum atomic E-state index is 13.2. The third kappa shape index (κ3) is 5.30. The number of halogens is 1. The van der Waals surface area contributed by atoms with Crippen LogP contribution in [0.3, 0.4) is 0 Å². The van der Waals surface area contributed by atoms with E-state index in [2.05, 4.69) is 16.0 Å². The van der Waals surface area contributed by atoms with Crippen molar-refractivity contribution in [1.82, 2.24) is 16.0 Å². The predicted octanol–water partition coefficient (Wildman–Crippen LogP) is 1.02. The lowest BCUT2D eigenvalue weighted by Gasteiger charge is -2.26. The maximum Gasteiger partial charge on any atom is 0.491 e. The molecule has 3 rings (SSSR count). The number of likely N-dealkylation sites (N-methyl/N-ethyl adjacent to an activating group) is 1. The van der Waals surface area contributed by atoms with E-state index in [1.54, 1.807) is 44.3 Å². The van der Waals surface area contributed by atoms with Crippen molar-refractivity contribution in [2.75, 3.05) is 7.05 Å². The lowest BCUT2D eigenvalue weighted by atomic mass is 9.78. The van der Waals surface area contributed by atoms with Crippen LogP contribution in [0.1, 0.15) is 47.8 Å². The van der Waals surface area contributed by atoms with Crippen LogP contribution < -0.4 is 21.4 Å². The van der Waals surface area contributed by atoms with E-state index in [-0.39, 0.29) is 23.7 Å². The van der Waals surface area contributed by atoms with E-state index >= 15 is 0 Å². The van der Waals surface area contributed by atoms with Gasteiger partial charge in [0.15, 0.2) is 0 Å². The van der Waals surface area contributed by atoms with Crippen molar-refractivity contribution in [2.24, 2.45) is 0 Å². The smallest absolute Gasteiger partial charge is 0.423 e. The zero-order chi connectivity index (χ0) is 22.5. The molecule has 7 nitrogen and oxygen atoms in total. The van der Waals surface area contributed by atoms with Crippen LogP contribution in [0, 0.1) is 5.82 Å². The molecule has 0 fully saturated rings. The molecule has 0 aliphatic carbocycles. The first-order chi connectivity index (χ1) is 14.8. The summed E-state index contributed by atoms with van der Waals surface area (Å²) in [7, 11) is 0.614. The summed E-state index contributed by atoms with van der Waals surface area (Å²) in [6.07, 6.45) is 0.633. The fourth-order valence-electron chi connectivity index (χ4n) is 3.72. The van der Waals surface area contributed by atoms with Crippen molar-refractivity contribution in [3.8, 4) is 0 Å². The number of rotatable bonds is 8. The molecule has 1 aliphatic rings. The van der Waals surface area contributed by atoms with Gasteiger partial charge in [-0.2, -0.15) is 0 Å². The van der Waals surface area contributed by atoms with E-state index in [1.165, 1.54) is 12.1 Å². The number of amides is 2. The third-order valence-electron chi connectivity index (χ3n) is 5.52. The van der Waals surface area contributed by atoms with Crippen LogP contribution in [-0.2, 0) is 16.1 Å². The summed E-state index contributed by atoms with van der Waals surface area (Å²) in [5, 5.41) is 18.6. The maximum absolute atomic E-state index is 13.2. The zero-order valence-electron chi connectivity index (χ0n) is 17.8. The highest BCUT2D eigenvalue weighted by Crippen LogP contribution is 2.17. The van der Waals surface area contributed by atoms with Crippen molar-refractivity contribution in [1.29, 1.82) is 0 Å². The lowest BCUT2D eigenvalue weighted by Crippen LogP contribution is -2.55. The van der Waals surface area contributed by atoms with E-state index in [1.807, 2.05) is 6.92 Å². The Morgan fingerprint density at radius 2 is 1.90 bits per heavy atom. The van der Waals surface area contributed by atoms with Gasteiger partial charge in [0.25, 0.3) is 5.91 Å². The molecule has 1 heterocycles. The largest absolute Gasteiger partial charge is 0.491 e. The molecular weight excluding hydrogens is 400 g/mol. The summed E-state index contributed by atoms with van der Waals surface area (Å²) >= 11 is 0. The summed E-state index contributed by atoms with van der Waals surface area (Å²) < 4.78 is 18.4. The second kappa shape index (κ2) is 10.0. The van der Waals surface area contributed by atoms with E-state index in [0.29, 0.717) is 24.1 Å². The molecule has 3 unspecified atom stereocenters. The molecule has 2 aromatic carbocycles. The van der Waals surface area contributed by atoms with Crippen LogP contribution in [-0.4, -0.2) is 43.1 Å². The second-order valence-corrected chi connectivity index (χ2v) is 7.63. The summed E-state index contributed by atoms with van der Waals surface area (Å²) in [6.45, 7) is 3.98.